The number of nitrogens with zero attached hydrogens (tertiary/aromatic N) is 3. The van der Waals surface area contributed by atoms with E-state index in [1.54, 1.807) is 0 Å². The zero-order chi connectivity index (χ0) is 17.1. The second kappa shape index (κ2) is 7.37. The van der Waals surface area contributed by atoms with Gasteiger partial charge in [-0.25, -0.2) is 0 Å². The van der Waals surface area contributed by atoms with Crippen LogP contribution in [0.2, 0.25) is 0 Å². The minimum Gasteiger partial charge on any atom is -0.376 e. The van der Waals surface area contributed by atoms with E-state index in [4.69, 9.17) is 4.74 Å². The third-order valence-corrected chi connectivity index (χ3v) is 4.88. The van der Waals surface area contributed by atoms with Crippen LogP contribution in [-0.4, -0.2) is 46.4 Å². The summed E-state index contributed by atoms with van der Waals surface area (Å²) in [7, 11) is 0. The summed E-state index contributed by atoms with van der Waals surface area (Å²) in [6.45, 7) is 3.99. The number of ether oxygens (including phenoxy) is 1. The second-order valence-corrected chi connectivity index (χ2v) is 6.80. The highest BCUT2D eigenvalue weighted by Gasteiger charge is 2.22. The molecule has 1 atom stereocenters. The minimum atomic E-state index is -0.105. The lowest BCUT2D eigenvalue weighted by molar-refractivity contribution is 0.0852. The third-order valence-electron chi connectivity index (χ3n) is 4.88. The molecule has 1 saturated heterocycles. The fraction of sp³-hybridized carbons (Fsp3) is 0.474. The molecule has 25 heavy (non-hydrogen) atoms. The maximum atomic E-state index is 12.3. The van der Waals surface area contributed by atoms with Gasteiger partial charge in [0.1, 0.15) is 5.69 Å². The molecule has 2 aromatic rings. The van der Waals surface area contributed by atoms with Crippen LogP contribution in [0.3, 0.4) is 0 Å². The maximum absolute atomic E-state index is 12.3. The smallest absolute Gasteiger partial charge is 0.271 e. The molecular weight excluding hydrogens is 316 g/mol. The molecule has 1 aromatic carbocycles. The highest BCUT2D eigenvalue weighted by Crippen LogP contribution is 2.16. The quantitative estimate of drug-likeness (QED) is 0.902. The van der Waals surface area contributed by atoms with Crippen molar-refractivity contribution in [3.8, 4) is 0 Å². The summed E-state index contributed by atoms with van der Waals surface area (Å²) in [6.07, 6.45) is 3.17. The molecule has 2 aliphatic heterocycles. The van der Waals surface area contributed by atoms with E-state index < -0.39 is 0 Å². The summed E-state index contributed by atoms with van der Waals surface area (Å²) < 4.78 is 7.50. The molecule has 1 unspecified atom stereocenters. The Hall–Kier alpha value is -2.18. The van der Waals surface area contributed by atoms with Crippen molar-refractivity contribution in [2.75, 3.05) is 19.7 Å². The van der Waals surface area contributed by atoms with E-state index in [2.05, 4.69) is 39.6 Å². The predicted octanol–water partition coefficient (Wildman–Crippen LogP) is 1.81. The largest absolute Gasteiger partial charge is 0.376 e. The molecule has 0 bridgehead atoms. The van der Waals surface area contributed by atoms with Crippen LogP contribution in [0.5, 0.6) is 0 Å². The van der Waals surface area contributed by atoms with Gasteiger partial charge in [0.2, 0.25) is 0 Å². The van der Waals surface area contributed by atoms with Gasteiger partial charge in [0.25, 0.3) is 5.91 Å². The highest BCUT2D eigenvalue weighted by atomic mass is 16.5. The van der Waals surface area contributed by atoms with Crippen molar-refractivity contribution in [2.45, 2.75) is 38.6 Å². The van der Waals surface area contributed by atoms with Crippen molar-refractivity contribution in [2.24, 2.45) is 0 Å². The van der Waals surface area contributed by atoms with Gasteiger partial charge >= 0.3 is 0 Å². The van der Waals surface area contributed by atoms with E-state index in [1.807, 2.05) is 16.8 Å². The van der Waals surface area contributed by atoms with Gasteiger partial charge < -0.3 is 10.1 Å². The Morgan fingerprint density at radius 1 is 1.32 bits per heavy atom. The average molecular weight is 340 g/mol. The molecule has 1 aromatic heterocycles. The van der Waals surface area contributed by atoms with Crippen molar-refractivity contribution in [3.05, 3.63) is 53.3 Å². The van der Waals surface area contributed by atoms with Crippen LogP contribution in [-0.2, 0) is 24.4 Å². The molecular formula is C19H24N4O2. The molecule has 1 fully saturated rings. The summed E-state index contributed by atoms with van der Waals surface area (Å²) >= 11 is 0. The van der Waals surface area contributed by atoms with E-state index in [0.29, 0.717) is 12.2 Å². The van der Waals surface area contributed by atoms with Gasteiger partial charge in [0.05, 0.1) is 12.8 Å². The van der Waals surface area contributed by atoms with Crippen molar-refractivity contribution >= 4 is 5.91 Å². The molecule has 132 valence electrons. The van der Waals surface area contributed by atoms with Gasteiger partial charge in [-0.3, -0.25) is 14.4 Å². The Kier molecular flexibility index (Phi) is 4.81. The lowest BCUT2D eigenvalue weighted by Crippen LogP contribution is -2.34. The average Bonchev–Trinajstić information content (AvgIpc) is 3.30. The summed E-state index contributed by atoms with van der Waals surface area (Å²) in [4.78, 5) is 14.7. The van der Waals surface area contributed by atoms with Crippen LogP contribution in [0.4, 0.5) is 0 Å². The fourth-order valence-electron chi connectivity index (χ4n) is 3.50. The number of benzene rings is 1. The van der Waals surface area contributed by atoms with Crippen molar-refractivity contribution in [1.82, 2.24) is 20.0 Å². The molecule has 0 radical (unpaired) electrons. The molecule has 0 saturated carbocycles. The van der Waals surface area contributed by atoms with Gasteiger partial charge in [0, 0.05) is 38.4 Å². The Bertz CT molecular complexity index is 722. The summed E-state index contributed by atoms with van der Waals surface area (Å²) in [5.41, 5.74) is 2.94. The Morgan fingerprint density at radius 3 is 3.00 bits per heavy atom. The van der Waals surface area contributed by atoms with Gasteiger partial charge in [-0.05, 0) is 24.5 Å². The Morgan fingerprint density at radius 2 is 2.20 bits per heavy atom. The SMILES string of the molecule is O=C(NCC1CCCO1)c1cc2n(n1)CN(Cc1ccccc1)CC2. The third kappa shape index (κ3) is 3.91. The van der Waals surface area contributed by atoms with Crippen LogP contribution < -0.4 is 5.32 Å². The van der Waals surface area contributed by atoms with Gasteiger partial charge in [-0.2, -0.15) is 5.10 Å². The highest BCUT2D eigenvalue weighted by molar-refractivity contribution is 5.92. The molecule has 4 rings (SSSR count). The number of fused-ring (bicyclic) bond motifs is 1. The fourth-order valence-corrected chi connectivity index (χ4v) is 3.50. The number of amides is 1. The van der Waals surface area contributed by atoms with E-state index >= 15 is 0 Å². The minimum absolute atomic E-state index is 0.105. The van der Waals surface area contributed by atoms with Gasteiger partial charge in [0.15, 0.2) is 0 Å². The number of aromatic nitrogens is 2. The number of rotatable bonds is 5. The number of hydrogen-bond acceptors (Lipinski definition) is 4. The molecule has 0 spiro atoms. The second-order valence-electron chi connectivity index (χ2n) is 6.80. The summed E-state index contributed by atoms with van der Waals surface area (Å²) in [5.74, 6) is -0.105. The van der Waals surface area contributed by atoms with Crippen LogP contribution in [0.25, 0.3) is 0 Å². The van der Waals surface area contributed by atoms with Gasteiger partial charge in [-0.1, -0.05) is 30.3 Å². The number of hydrogen-bond donors (Lipinski definition) is 1. The number of carbonyl (C=O) groups is 1. The van der Waals surface area contributed by atoms with Crippen LogP contribution in [0.1, 0.15) is 34.6 Å². The van der Waals surface area contributed by atoms with Crippen molar-refractivity contribution in [1.29, 1.82) is 0 Å². The van der Waals surface area contributed by atoms with Crippen molar-refractivity contribution in [3.63, 3.8) is 0 Å². The normalized spacial score (nSPS) is 20.4. The Labute approximate surface area is 147 Å². The lowest BCUT2D eigenvalue weighted by Gasteiger charge is -2.27. The van der Waals surface area contributed by atoms with Crippen LogP contribution in [0, 0.1) is 0 Å². The first-order chi connectivity index (χ1) is 12.3. The zero-order valence-corrected chi connectivity index (χ0v) is 14.4. The zero-order valence-electron chi connectivity index (χ0n) is 14.4. The Balaban J connectivity index is 1.36. The molecule has 3 heterocycles. The standard InChI is InChI=1S/C19H24N4O2/c24-19(20-12-17-7-4-10-25-17)18-11-16-8-9-22(14-23(16)21-18)13-15-5-2-1-3-6-15/h1-3,5-6,11,17H,4,7-10,12-14H2,(H,20,24). The molecule has 1 amide bonds. The maximum Gasteiger partial charge on any atom is 0.271 e. The molecule has 6 heteroatoms. The first-order valence-electron chi connectivity index (χ1n) is 9.01. The van der Waals surface area contributed by atoms with Crippen molar-refractivity contribution < 1.29 is 9.53 Å². The monoisotopic (exact) mass is 340 g/mol. The topological polar surface area (TPSA) is 59.4 Å². The summed E-state index contributed by atoms with van der Waals surface area (Å²) in [6, 6.07) is 12.4. The predicted molar refractivity (Wildman–Crippen MR) is 94.1 cm³/mol. The van der Waals surface area contributed by atoms with E-state index in [-0.39, 0.29) is 12.0 Å². The van der Waals surface area contributed by atoms with E-state index in [0.717, 1.165) is 51.3 Å². The lowest BCUT2D eigenvalue weighted by atomic mass is 10.2. The van der Waals surface area contributed by atoms with Crippen LogP contribution >= 0.6 is 0 Å². The first-order valence-corrected chi connectivity index (χ1v) is 9.01. The van der Waals surface area contributed by atoms with E-state index in [9.17, 15) is 4.79 Å². The number of carbonyl (C=O) groups excluding carboxylic acids is 1. The van der Waals surface area contributed by atoms with Crippen LogP contribution in [0.15, 0.2) is 36.4 Å². The molecule has 2 aliphatic rings. The molecule has 6 nitrogen and oxygen atoms in total. The number of nitrogens with one attached hydrogen (secondary N) is 1. The van der Waals surface area contributed by atoms with E-state index in [1.165, 1.54) is 5.56 Å². The molecule has 1 N–H and O–H groups in total. The summed E-state index contributed by atoms with van der Waals surface area (Å²) in [5, 5.41) is 7.46. The first kappa shape index (κ1) is 16.3. The van der Waals surface area contributed by atoms with Gasteiger partial charge in [-0.15, -0.1) is 0 Å². The molecule has 0 aliphatic carbocycles.